The van der Waals surface area contributed by atoms with Crippen molar-refractivity contribution >= 4 is 17.3 Å². The number of amides is 1. The minimum Gasteiger partial charge on any atom is -0.494 e. The van der Waals surface area contributed by atoms with Gasteiger partial charge >= 0.3 is 0 Å². The average molecular weight is 525 g/mol. The van der Waals surface area contributed by atoms with Crippen molar-refractivity contribution < 1.29 is 9.53 Å². The summed E-state index contributed by atoms with van der Waals surface area (Å²) in [7, 11) is 0. The van der Waals surface area contributed by atoms with E-state index in [1.54, 1.807) is 12.5 Å². The summed E-state index contributed by atoms with van der Waals surface area (Å²) in [5, 5.41) is 3.26. The number of para-hydroxylation sites is 2. The Morgan fingerprint density at radius 2 is 1.59 bits per heavy atom. The summed E-state index contributed by atoms with van der Waals surface area (Å²) in [6, 6.07) is 24.6. The predicted octanol–water partition coefficient (Wildman–Crippen LogP) is 7.42. The minimum absolute atomic E-state index is 0.0418. The van der Waals surface area contributed by atoms with Crippen LogP contribution in [0.15, 0.2) is 91.5 Å². The molecule has 0 saturated carbocycles. The smallest absolute Gasteiger partial charge is 0.226 e. The second-order valence-electron chi connectivity index (χ2n) is 10.4. The Bertz CT molecular complexity index is 1270. The van der Waals surface area contributed by atoms with E-state index < -0.39 is 0 Å². The Labute approximate surface area is 232 Å². The number of hydrogen-bond acceptors (Lipinski definition) is 4. The van der Waals surface area contributed by atoms with Crippen molar-refractivity contribution in [3.8, 4) is 11.4 Å². The van der Waals surface area contributed by atoms with E-state index in [1.807, 2.05) is 53.2 Å². The van der Waals surface area contributed by atoms with Gasteiger partial charge in [-0.05, 0) is 65.8 Å². The monoisotopic (exact) mass is 524 g/mol. The van der Waals surface area contributed by atoms with Gasteiger partial charge in [0.05, 0.1) is 12.9 Å². The zero-order chi connectivity index (χ0) is 27.6. The average Bonchev–Trinajstić information content (AvgIpc) is 3.48. The quantitative estimate of drug-likeness (QED) is 0.185. The van der Waals surface area contributed by atoms with Gasteiger partial charge in [0, 0.05) is 49.0 Å². The van der Waals surface area contributed by atoms with E-state index in [0.29, 0.717) is 31.4 Å². The lowest BCUT2D eigenvalue weighted by Crippen LogP contribution is -2.30. The molecule has 0 aliphatic heterocycles. The summed E-state index contributed by atoms with van der Waals surface area (Å²) in [5.74, 6) is 1.55. The Balaban J connectivity index is 1.33. The van der Waals surface area contributed by atoms with E-state index in [9.17, 15) is 4.79 Å². The van der Waals surface area contributed by atoms with Crippen LogP contribution in [-0.2, 0) is 4.79 Å². The number of carbonyl (C=O) groups is 1. The fourth-order valence-corrected chi connectivity index (χ4v) is 4.71. The van der Waals surface area contributed by atoms with Crippen molar-refractivity contribution in [1.82, 2.24) is 9.55 Å². The normalized spacial score (nSPS) is 11.1. The predicted molar refractivity (Wildman–Crippen MR) is 160 cm³/mol. The Morgan fingerprint density at radius 3 is 2.21 bits per heavy atom. The maximum absolute atomic E-state index is 13.2. The fraction of sp³-hybridized carbons (Fsp3) is 0.333. The topological polar surface area (TPSA) is 59.4 Å². The third kappa shape index (κ3) is 7.73. The molecule has 1 amide bonds. The molecule has 6 heteroatoms. The Morgan fingerprint density at radius 1 is 0.897 bits per heavy atom. The molecule has 1 heterocycles. The molecular formula is C33H40N4O2. The van der Waals surface area contributed by atoms with Crippen LogP contribution in [0.2, 0.25) is 0 Å². The molecule has 0 bridgehead atoms. The first-order chi connectivity index (χ1) is 18.9. The SMILES string of the molecule is CC(C)c1cccc(C(C)C)c1NC(=O)CCN(CCCOc1ccc(-n2ccnc2)cc1)c1ccccc1. The van der Waals surface area contributed by atoms with E-state index in [-0.39, 0.29) is 5.91 Å². The molecule has 3 aromatic carbocycles. The molecule has 0 saturated heterocycles. The van der Waals surface area contributed by atoms with Gasteiger partial charge in [-0.1, -0.05) is 64.1 Å². The Hall–Kier alpha value is -4.06. The minimum atomic E-state index is 0.0418. The largest absolute Gasteiger partial charge is 0.494 e. The number of aromatic nitrogens is 2. The third-order valence-electron chi connectivity index (χ3n) is 6.85. The number of ether oxygens (including phenoxy) is 1. The molecule has 1 N–H and O–H groups in total. The molecule has 0 aliphatic carbocycles. The van der Waals surface area contributed by atoms with Gasteiger partial charge in [0.1, 0.15) is 5.75 Å². The van der Waals surface area contributed by atoms with Crippen molar-refractivity contribution in [2.75, 3.05) is 29.9 Å². The van der Waals surface area contributed by atoms with Gasteiger partial charge < -0.3 is 19.5 Å². The fourth-order valence-electron chi connectivity index (χ4n) is 4.71. The first kappa shape index (κ1) is 28.0. The van der Waals surface area contributed by atoms with Crippen molar-refractivity contribution in [3.63, 3.8) is 0 Å². The zero-order valence-electron chi connectivity index (χ0n) is 23.5. The van der Waals surface area contributed by atoms with Crippen molar-refractivity contribution in [2.45, 2.75) is 52.4 Å². The first-order valence-corrected chi connectivity index (χ1v) is 13.9. The summed E-state index contributed by atoms with van der Waals surface area (Å²) in [6.45, 7) is 10.7. The molecule has 0 spiro atoms. The number of hydrogen-bond donors (Lipinski definition) is 1. The molecule has 1 aromatic heterocycles. The molecule has 0 aliphatic rings. The van der Waals surface area contributed by atoms with Gasteiger partial charge in [-0.25, -0.2) is 4.98 Å². The lowest BCUT2D eigenvalue weighted by atomic mass is 9.92. The summed E-state index contributed by atoms with van der Waals surface area (Å²) in [5.41, 5.74) is 5.51. The van der Waals surface area contributed by atoms with E-state index in [4.69, 9.17) is 4.74 Å². The van der Waals surface area contributed by atoms with Crippen molar-refractivity contribution in [1.29, 1.82) is 0 Å². The van der Waals surface area contributed by atoms with Gasteiger partial charge in [0.15, 0.2) is 0 Å². The van der Waals surface area contributed by atoms with Crippen molar-refractivity contribution in [3.05, 3.63) is 103 Å². The number of benzene rings is 3. The highest BCUT2D eigenvalue weighted by molar-refractivity contribution is 5.93. The summed E-state index contributed by atoms with van der Waals surface area (Å²) in [6.07, 6.45) is 6.71. The van der Waals surface area contributed by atoms with Crippen LogP contribution in [0.5, 0.6) is 5.75 Å². The van der Waals surface area contributed by atoms with Crippen LogP contribution in [0.4, 0.5) is 11.4 Å². The lowest BCUT2D eigenvalue weighted by Gasteiger charge is -2.25. The van der Waals surface area contributed by atoms with E-state index in [0.717, 1.165) is 35.8 Å². The van der Waals surface area contributed by atoms with Gasteiger partial charge in [-0.3, -0.25) is 4.79 Å². The molecule has 0 fully saturated rings. The molecule has 204 valence electrons. The highest BCUT2D eigenvalue weighted by atomic mass is 16.5. The van der Waals surface area contributed by atoms with Gasteiger partial charge in [0.2, 0.25) is 5.91 Å². The zero-order valence-corrected chi connectivity index (χ0v) is 23.5. The summed E-state index contributed by atoms with van der Waals surface area (Å²) < 4.78 is 7.97. The molecule has 6 nitrogen and oxygen atoms in total. The molecule has 0 atom stereocenters. The van der Waals surface area contributed by atoms with Crippen LogP contribution in [-0.4, -0.2) is 35.2 Å². The first-order valence-electron chi connectivity index (χ1n) is 13.9. The number of anilines is 2. The summed E-state index contributed by atoms with van der Waals surface area (Å²) >= 11 is 0. The van der Waals surface area contributed by atoms with E-state index in [2.05, 4.69) is 73.2 Å². The van der Waals surface area contributed by atoms with Gasteiger partial charge in [-0.15, -0.1) is 0 Å². The van der Waals surface area contributed by atoms with E-state index >= 15 is 0 Å². The van der Waals surface area contributed by atoms with Gasteiger partial charge in [0.25, 0.3) is 0 Å². The van der Waals surface area contributed by atoms with Crippen molar-refractivity contribution in [2.24, 2.45) is 0 Å². The molecule has 0 unspecified atom stereocenters. The second kappa shape index (κ2) is 13.7. The van der Waals surface area contributed by atoms with Crippen LogP contribution < -0.4 is 15.0 Å². The molecule has 0 radical (unpaired) electrons. The van der Waals surface area contributed by atoms with Crippen LogP contribution in [0, 0.1) is 0 Å². The van der Waals surface area contributed by atoms with Crippen LogP contribution in [0.3, 0.4) is 0 Å². The van der Waals surface area contributed by atoms with Crippen LogP contribution >= 0.6 is 0 Å². The van der Waals surface area contributed by atoms with Crippen LogP contribution in [0.25, 0.3) is 5.69 Å². The lowest BCUT2D eigenvalue weighted by molar-refractivity contribution is -0.116. The highest BCUT2D eigenvalue weighted by Crippen LogP contribution is 2.32. The molecule has 4 aromatic rings. The number of nitrogens with one attached hydrogen (secondary N) is 1. The highest BCUT2D eigenvalue weighted by Gasteiger charge is 2.17. The second-order valence-corrected chi connectivity index (χ2v) is 10.4. The number of nitrogens with zero attached hydrogens (tertiary/aromatic N) is 3. The molecule has 39 heavy (non-hydrogen) atoms. The number of carbonyl (C=O) groups excluding carboxylic acids is 1. The maximum atomic E-state index is 13.2. The number of rotatable bonds is 13. The number of imidazole rings is 1. The molecule has 4 rings (SSSR count). The molecular weight excluding hydrogens is 484 g/mol. The Kier molecular flexibility index (Phi) is 9.79. The van der Waals surface area contributed by atoms with Gasteiger partial charge in [-0.2, -0.15) is 0 Å². The third-order valence-corrected chi connectivity index (χ3v) is 6.85. The standard InChI is InChI=1S/C33H40N4O2/c1-25(2)30-12-8-13-31(26(3)4)33(30)35-32(38)18-21-36(27-10-6-5-7-11-27)20-9-23-39-29-16-14-28(15-17-29)37-22-19-34-24-37/h5-8,10-17,19,22,24-26H,9,18,20-21,23H2,1-4H3,(H,35,38). The maximum Gasteiger partial charge on any atom is 0.226 e. The van der Waals surface area contributed by atoms with Crippen LogP contribution in [0.1, 0.15) is 63.5 Å². The van der Waals surface area contributed by atoms with E-state index in [1.165, 1.54) is 11.1 Å². The summed E-state index contributed by atoms with van der Waals surface area (Å²) in [4.78, 5) is 19.5.